The van der Waals surface area contributed by atoms with Crippen molar-refractivity contribution in [2.75, 3.05) is 32.5 Å². The van der Waals surface area contributed by atoms with Gasteiger partial charge in [0.15, 0.2) is 5.13 Å². The van der Waals surface area contributed by atoms with Gasteiger partial charge in [-0.3, -0.25) is 4.79 Å². The van der Waals surface area contributed by atoms with Gasteiger partial charge < -0.3 is 15.4 Å². The smallest absolute Gasteiger partial charge is 0.266 e. The van der Waals surface area contributed by atoms with E-state index < -0.39 is 0 Å². The second-order valence-corrected chi connectivity index (χ2v) is 4.53. The van der Waals surface area contributed by atoms with Crippen LogP contribution in [0.15, 0.2) is 12.7 Å². The molecule has 1 heterocycles. The first-order valence-electron chi connectivity index (χ1n) is 5.22. The van der Waals surface area contributed by atoms with Crippen molar-refractivity contribution < 1.29 is 9.53 Å². The second-order valence-electron chi connectivity index (χ2n) is 3.50. The van der Waals surface area contributed by atoms with Gasteiger partial charge in [-0.2, -0.15) is 0 Å². The third-order valence-electron chi connectivity index (χ3n) is 2.21. The van der Waals surface area contributed by atoms with E-state index in [1.807, 2.05) is 0 Å². The molecular formula is C11H17N3O2S. The number of aryl methyl sites for hydroxylation is 1. The van der Waals surface area contributed by atoms with Gasteiger partial charge in [0, 0.05) is 20.2 Å². The predicted molar refractivity (Wildman–Crippen MR) is 69.2 cm³/mol. The van der Waals surface area contributed by atoms with Crippen LogP contribution in [-0.2, 0) is 4.74 Å². The highest BCUT2D eigenvalue weighted by Crippen LogP contribution is 2.21. The lowest BCUT2D eigenvalue weighted by atomic mass is 10.3. The Bertz CT molecular complexity index is 403. The Morgan fingerprint density at radius 2 is 2.41 bits per heavy atom. The van der Waals surface area contributed by atoms with Crippen LogP contribution in [0.5, 0.6) is 0 Å². The Morgan fingerprint density at radius 3 is 2.88 bits per heavy atom. The first kappa shape index (κ1) is 13.7. The highest BCUT2D eigenvalue weighted by Gasteiger charge is 2.19. The number of nitrogen functional groups attached to an aromatic ring is 1. The number of ether oxygens (including phenoxy) is 1. The van der Waals surface area contributed by atoms with Crippen LogP contribution >= 0.6 is 11.3 Å². The summed E-state index contributed by atoms with van der Waals surface area (Å²) >= 11 is 1.21. The van der Waals surface area contributed by atoms with Crippen LogP contribution < -0.4 is 5.73 Å². The Labute approximate surface area is 105 Å². The zero-order chi connectivity index (χ0) is 12.8. The SMILES string of the molecule is C=CCN(CCOC)C(=O)c1sc(N)nc1C. The maximum atomic E-state index is 12.2. The van der Waals surface area contributed by atoms with E-state index in [4.69, 9.17) is 10.5 Å². The quantitative estimate of drug-likeness (QED) is 0.778. The molecule has 2 N–H and O–H groups in total. The second kappa shape index (κ2) is 6.36. The molecule has 0 saturated carbocycles. The number of thiazole rings is 1. The van der Waals surface area contributed by atoms with Crippen LogP contribution in [0.4, 0.5) is 5.13 Å². The van der Waals surface area contributed by atoms with E-state index in [0.29, 0.717) is 35.4 Å². The number of hydrogen-bond donors (Lipinski definition) is 1. The molecule has 1 rings (SSSR count). The van der Waals surface area contributed by atoms with Gasteiger partial charge in [-0.05, 0) is 6.92 Å². The molecule has 94 valence electrons. The van der Waals surface area contributed by atoms with Crippen molar-refractivity contribution in [3.8, 4) is 0 Å². The average molecular weight is 255 g/mol. The van der Waals surface area contributed by atoms with Crippen LogP contribution in [0.3, 0.4) is 0 Å². The number of nitrogens with zero attached hydrogens (tertiary/aromatic N) is 2. The van der Waals surface area contributed by atoms with Gasteiger partial charge in [0.2, 0.25) is 0 Å². The molecule has 0 atom stereocenters. The van der Waals surface area contributed by atoms with Crippen molar-refractivity contribution >= 4 is 22.4 Å². The van der Waals surface area contributed by atoms with E-state index >= 15 is 0 Å². The standard InChI is InChI=1S/C11H17N3O2S/c1-4-5-14(6-7-16-3)10(15)9-8(2)13-11(12)17-9/h4H,1,5-7H2,2-3H3,(H2,12,13). The van der Waals surface area contributed by atoms with Crippen LogP contribution in [0.25, 0.3) is 0 Å². The maximum Gasteiger partial charge on any atom is 0.266 e. The Balaban J connectivity index is 2.83. The molecule has 0 unspecified atom stereocenters. The van der Waals surface area contributed by atoms with E-state index in [1.54, 1.807) is 25.0 Å². The summed E-state index contributed by atoms with van der Waals surface area (Å²) in [5.41, 5.74) is 6.25. The maximum absolute atomic E-state index is 12.2. The van der Waals surface area contributed by atoms with E-state index in [2.05, 4.69) is 11.6 Å². The molecule has 1 amide bonds. The highest BCUT2D eigenvalue weighted by atomic mass is 32.1. The molecular weight excluding hydrogens is 238 g/mol. The number of nitrogens with two attached hydrogens (primary N) is 1. The van der Waals surface area contributed by atoms with E-state index in [0.717, 1.165) is 0 Å². The van der Waals surface area contributed by atoms with Crippen molar-refractivity contribution in [3.05, 3.63) is 23.2 Å². The third kappa shape index (κ3) is 3.54. The number of rotatable bonds is 6. The molecule has 0 aliphatic heterocycles. The summed E-state index contributed by atoms with van der Waals surface area (Å²) in [4.78, 5) is 18.5. The Morgan fingerprint density at radius 1 is 1.71 bits per heavy atom. The number of carbonyl (C=O) groups is 1. The molecule has 0 saturated heterocycles. The molecule has 5 nitrogen and oxygen atoms in total. The van der Waals surface area contributed by atoms with Gasteiger partial charge in [-0.15, -0.1) is 6.58 Å². The molecule has 6 heteroatoms. The Kier molecular flexibility index (Phi) is 5.11. The summed E-state index contributed by atoms with van der Waals surface area (Å²) in [6, 6.07) is 0. The molecule has 0 aliphatic carbocycles. The third-order valence-corrected chi connectivity index (χ3v) is 3.18. The van der Waals surface area contributed by atoms with Crippen LogP contribution in [-0.4, -0.2) is 42.6 Å². The summed E-state index contributed by atoms with van der Waals surface area (Å²) in [5, 5.41) is 0.413. The number of amides is 1. The molecule has 17 heavy (non-hydrogen) atoms. The molecule has 1 aromatic heterocycles. The summed E-state index contributed by atoms with van der Waals surface area (Å²) < 4.78 is 4.98. The number of hydrogen-bond acceptors (Lipinski definition) is 5. The number of aromatic nitrogens is 1. The lowest BCUT2D eigenvalue weighted by Gasteiger charge is -2.19. The molecule has 0 spiro atoms. The lowest BCUT2D eigenvalue weighted by Crippen LogP contribution is -2.33. The van der Waals surface area contributed by atoms with E-state index in [9.17, 15) is 4.79 Å². The zero-order valence-corrected chi connectivity index (χ0v) is 10.9. The van der Waals surface area contributed by atoms with Gasteiger partial charge in [-0.25, -0.2) is 4.98 Å². The first-order valence-corrected chi connectivity index (χ1v) is 6.03. The van der Waals surface area contributed by atoms with Crippen LogP contribution in [0.1, 0.15) is 15.4 Å². The van der Waals surface area contributed by atoms with E-state index in [-0.39, 0.29) is 5.91 Å². The monoisotopic (exact) mass is 255 g/mol. The van der Waals surface area contributed by atoms with Crippen molar-refractivity contribution in [1.29, 1.82) is 0 Å². The van der Waals surface area contributed by atoms with Crippen LogP contribution in [0.2, 0.25) is 0 Å². The number of carbonyl (C=O) groups excluding carboxylic acids is 1. The summed E-state index contributed by atoms with van der Waals surface area (Å²) in [6.45, 7) is 6.93. The minimum Gasteiger partial charge on any atom is -0.383 e. The fraction of sp³-hybridized carbons (Fsp3) is 0.455. The normalized spacial score (nSPS) is 10.2. The average Bonchev–Trinajstić information content (AvgIpc) is 2.63. The van der Waals surface area contributed by atoms with Crippen molar-refractivity contribution in [3.63, 3.8) is 0 Å². The minimum absolute atomic E-state index is 0.0753. The van der Waals surface area contributed by atoms with Gasteiger partial charge >= 0.3 is 0 Å². The molecule has 0 fully saturated rings. The summed E-state index contributed by atoms with van der Waals surface area (Å²) in [6.07, 6.45) is 1.69. The fourth-order valence-corrected chi connectivity index (χ4v) is 2.19. The largest absolute Gasteiger partial charge is 0.383 e. The predicted octanol–water partition coefficient (Wildman–Crippen LogP) is 1.31. The highest BCUT2D eigenvalue weighted by molar-refractivity contribution is 7.17. The van der Waals surface area contributed by atoms with Crippen molar-refractivity contribution in [2.45, 2.75) is 6.92 Å². The minimum atomic E-state index is -0.0753. The molecule has 0 aliphatic rings. The summed E-state index contributed by atoms with van der Waals surface area (Å²) in [5.74, 6) is -0.0753. The van der Waals surface area contributed by atoms with Gasteiger partial charge in [0.05, 0.1) is 12.3 Å². The summed E-state index contributed by atoms with van der Waals surface area (Å²) in [7, 11) is 1.60. The molecule has 0 bridgehead atoms. The van der Waals surface area contributed by atoms with Crippen molar-refractivity contribution in [1.82, 2.24) is 9.88 Å². The number of anilines is 1. The topological polar surface area (TPSA) is 68.5 Å². The number of methoxy groups -OCH3 is 1. The first-order chi connectivity index (χ1) is 8.10. The van der Waals surface area contributed by atoms with Gasteiger partial charge in [0.1, 0.15) is 4.88 Å². The molecule has 1 aromatic rings. The molecule has 0 radical (unpaired) electrons. The van der Waals surface area contributed by atoms with Gasteiger partial charge in [0.25, 0.3) is 5.91 Å². The molecule has 0 aromatic carbocycles. The van der Waals surface area contributed by atoms with E-state index in [1.165, 1.54) is 11.3 Å². The lowest BCUT2D eigenvalue weighted by molar-refractivity contribution is 0.0722. The van der Waals surface area contributed by atoms with Crippen LogP contribution in [0, 0.1) is 6.92 Å². The fourth-order valence-electron chi connectivity index (χ4n) is 1.39. The van der Waals surface area contributed by atoms with Gasteiger partial charge in [-0.1, -0.05) is 17.4 Å². The zero-order valence-electron chi connectivity index (χ0n) is 10.1. The van der Waals surface area contributed by atoms with Crippen molar-refractivity contribution in [2.24, 2.45) is 0 Å². The Hall–Kier alpha value is -1.40.